The van der Waals surface area contributed by atoms with Crippen molar-refractivity contribution in [2.75, 3.05) is 0 Å². The number of rotatable bonds is 4. The van der Waals surface area contributed by atoms with E-state index < -0.39 is 0 Å². The minimum absolute atomic E-state index is 0.0579. The van der Waals surface area contributed by atoms with E-state index in [1.807, 2.05) is 31.2 Å². The molecule has 0 unspecified atom stereocenters. The minimum Gasteiger partial charge on any atom is -0.423 e. The molecule has 0 atom stereocenters. The molecule has 26 heavy (non-hydrogen) atoms. The summed E-state index contributed by atoms with van der Waals surface area (Å²) < 4.78 is 5.38. The maximum absolute atomic E-state index is 12.0. The van der Waals surface area contributed by atoms with Crippen LogP contribution in [0, 0.1) is 6.92 Å². The van der Waals surface area contributed by atoms with Gasteiger partial charge in [-0.3, -0.25) is 0 Å². The summed E-state index contributed by atoms with van der Waals surface area (Å²) in [6.45, 7) is 2.63. The van der Waals surface area contributed by atoms with Gasteiger partial charge in [-0.05, 0) is 54.7 Å². The standard InChI is InChI=1S/C22H22ClNO2/c1-15-4-9-19-16(13-21(25)26-20(19)12-15)14-24-22(10-2-3-11-22)17-5-7-18(23)8-6-17/h4-9,12-13,24H,2-3,10-11,14H2,1H3. The summed E-state index contributed by atoms with van der Waals surface area (Å²) in [7, 11) is 0. The summed E-state index contributed by atoms with van der Waals surface area (Å²) in [4.78, 5) is 12.0. The van der Waals surface area contributed by atoms with Crippen molar-refractivity contribution >= 4 is 22.6 Å². The summed E-state index contributed by atoms with van der Waals surface area (Å²) >= 11 is 6.07. The molecule has 1 N–H and O–H groups in total. The summed E-state index contributed by atoms with van der Waals surface area (Å²) in [5.41, 5.74) is 3.63. The molecule has 1 aliphatic carbocycles. The number of benzene rings is 2. The Morgan fingerprint density at radius 1 is 1.08 bits per heavy atom. The van der Waals surface area contributed by atoms with Crippen molar-refractivity contribution < 1.29 is 4.42 Å². The third kappa shape index (κ3) is 3.29. The first-order valence-electron chi connectivity index (χ1n) is 9.10. The molecule has 0 radical (unpaired) electrons. The maximum atomic E-state index is 12.0. The van der Waals surface area contributed by atoms with E-state index in [1.54, 1.807) is 6.07 Å². The molecule has 0 spiro atoms. The molecule has 3 aromatic rings. The second-order valence-electron chi connectivity index (χ2n) is 7.24. The van der Waals surface area contributed by atoms with Gasteiger partial charge in [0.2, 0.25) is 0 Å². The third-order valence-corrected chi connectivity index (χ3v) is 5.71. The lowest BCUT2D eigenvalue weighted by Gasteiger charge is -2.31. The molecule has 3 nitrogen and oxygen atoms in total. The highest BCUT2D eigenvalue weighted by atomic mass is 35.5. The summed E-state index contributed by atoms with van der Waals surface area (Å²) in [5.74, 6) is 0. The molecule has 1 fully saturated rings. The second-order valence-corrected chi connectivity index (χ2v) is 7.68. The number of hydrogen-bond acceptors (Lipinski definition) is 3. The van der Waals surface area contributed by atoms with Crippen LogP contribution in [0.3, 0.4) is 0 Å². The number of aryl methyl sites for hydroxylation is 1. The monoisotopic (exact) mass is 367 g/mol. The van der Waals surface area contributed by atoms with Gasteiger partial charge in [-0.2, -0.15) is 0 Å². The predicted octanol–water partition coefficient (Wildman–Crippen LogP) is 5.31. The number of nitrogens with one attached hydrogen (secondary N) is 1. The van der Waals surface area contributed by atoms with Gasteiger partial charge in [0.1, 0.15) is 5.58 Å². The first-order valence-corrected chi connectivity index (χ1v) is 9.48. The van der Waals surface area contributed by atoms with Crippen LogP contribution in [0.1, 0.15) is 42.4 Å². The normalized spacial score (nSPS) is 16.2. The Bertz CT molecular complexity index is 985. The van der Waals surface area contributed by atoms with Crippen LogP contribution in [-0.2, 0) is 12.1 Å². The quantitative estimate of drug-likeness (QED) is 0.635. The number of halogens is 1. The van der Waals surface area contributed by atoms with Gasteiger partial charge in [0, 0.05) is 28.6 Å². The predicted molar refractivity (Wildman–Crippen MR) is 106 cm³/mol. The number of fused-ring (bicyclic) bond motifs is 1. The van der Waals surface area contributed by atoms with E-state index in [0.29, 0.717) is 12.1 Å². The smallest absolute Gasteiger partial charge is 0.336 e. The average Bonchev–Trinajstić information content (AvgIpc) is 3.10. The molecule has 4 heteroatoms. The minimum atomic E-state index is -0.299. The van der Waals surface area contributed by atoms with Crippen molar-refractivity contribution in [1.29, 1.82) is 0 Å². The molecule has 1 aromatic heterocycles. The Kier molecular flexibility index (Phi) is 4.60. The molecule has 4 rings (SSSR count). The molecular weight excluding hydrogens is 346 g/mol. The molecule has 0 aliphatic heterocycles. The SMILES string of the molecule is Cc1ccc2c(CNC3(c4ccc(Cl)cc4)CCCC3)cc(=O)oc2c1. The zero-order chi connectivity index (χ0) is 18.1. The summed E-state index contributed by atoms with van der Waals surface area (Å²) in [6, 6.07) is 15.7. The van der Waals surface area contributed by atoms with E-state index in [0.717, 1.165) is 34.4 Å². The van der Waals surface area contributed by atoms with Crippen LogP contribution in [0.2, 0.25) is 5.02 Å². The van der Waals surface area contributed by atoms with Gasteiger partial charge >= 0.3 is 5.63 Å². The van der Waals surface area contributed by atoms with Crippen molar-refractivity contribution in [3.63, 3.8) is 0 Å². The van der Waals surface area contributed by atoms with Gasteiger partial charge in [-0.15, -0.1) is 0 Å². The van der Waals surface area contributed by atoms with E-state index in [-0.39, 0.29) is 11.2 Å². The fourth-order valence-electron chi connectivity index (χ4n) is 4.06. The Morgan fingerprint density at radius 3 is 2.54 bits per heavy atom. The Hall–Kier alpha value is -2.10. The highest BCUT2D eigenvalue weighted by molar-refractivity contribution is 6.30. The number of hydrogen-bond donors (Lipinski definition) is 1. The molecule has 0 amide bonds. The molecule has 0 saturated heterocycles. The van der Waals surface area contributed by atoms with Gasteiger partial charge in [-0.1, -0.05) is 48.7 Å². The van der Waals surface area contributed by atoms with Gasteiger partial charge in [0.15, 0.2) is 0 Å². The van der Waals surface area contributed by atoms with Crippen LogP contribution >= 0.6 is 11.6 Å². The lowest BCUT2D eigenvalue weighted by molar-refractivity contribution is 0.339. The van der Waals surface area contributed by atoms with E-state index in [1.165, 1.54) is 18.4 Å². The fraction of sp³-hybridized carbons (Fsp3) is 0.318. The van der Waals surface area contributed by atoms with Crippen LogP contribution in [0.25, 0.3) is 11.0 Å². The second kappa shape index (κ2) is 6.90. The van der Waals surface area contributed by atoms with Gasteiger partial charge in [-0.25, -0.2) is 4.79 Å². The van der Waals surface area contributed by atoms with E-state index >= 15 is 0 Å². The maximum Gasteiger partial charge on any atom is 0.336 e. The van der Waals surface area contributed by atoms with Gasteiger partial charge < -0.3 is 9.73 Å². The van der Waals surface area contributed by atoms with Crippen LogP contribution in [0.15, 0.2) is 57.7 Å². The molecule has 1 heterocycles. The van der Waals surface area contributed by atoms with Crippen LogP contribution in [0.5, 0.6) is 0 Å². The first-order chi connectivity index (χ1) is 12.6. The zero-order valence-electron chi connectivity index (χ0n) is 14.8. The van der Waals surface area contributed by atoms with Gasteiger partial charge in [0.05, 0.1) is 0 Å². The van der Waals surface area contributed by atoms with E-state index in [4.69, 9.17) is 16.0 Å². The van der Waals surface area contributed by atoms with Crippen LogP contribution < -0.4 is 10.9 Å². The molecule has 1 aliphatic rings. The topological polar surface area (TPSA) is 42.2 Å². The van der Waals surface area contributed by atoms with Crippen molar-refractivity contribution in [3.8, 4) is 0 Å². The highest BCUT2D eigenvalue weighted by Crippen LogP contribution is 2.39. The largest absolute Gasteiger partial charge is 0.423 e. The van der Waals surface area contributed by atoms with E-state index in [2.05, 4.69) is 23.5 Å². The van der Waals surface area contributed by atoms with Crippen molar-refractivity contribution in [1.82, 2.24) is 5.32 Å². The zero-order valence-corrected chi connectivity index (χ0v) is 15.6. The third-order valence-electron chi connectivity index (χ3n) is 5.46. The van der Waals surface area contributed by atoms with E-state index in [9.17, 15) is 4.79 Å². The molecule has 0 bridgehead atoms. The Morgan fingerprint density at radius 2 is 1.81 bits per heavy atom. The molecule has 134 valence electrons. The first kappa shape index (κ1) is 17.3. The summed E-state index contributed by atoms with van der Waals surface area (Å²) in [5, 5.41) is 5.50. The van der Waals surface area contributed by atoms with Crippen LogP contribution in [-0.4, -0.2) is 0 Å². The van der Waals surface area contributed by atoms with Crippen molar-refractivity contribution in [2.24, 2.45) is 0 Å². The molecule has 2 aromatic carbocycles. The Labute approximate surface area is 158 Å². The highest BCUT2D eigenvalue weighted by Gasteiger charge is 2.35. The van der Waals surface area contributed by atoms with Crippen molar-refractivity contribution in [2.45, 2.75) is 44.7 Å². The van der Waals surface area contributed by atoms with Crippen LogP contribution in [0.4, 0.5) is 0 Å². The fourth-order valence-corrected chi connectivity index (χ4v) is 4.19. The Balaban J connectivity index is 1.68. The van der Waals surface area contributed by atoms with Crippen molar-refractivity contribution in [3.05, 3.63) is 80.7 Å². The average molecular weight is 368 g/mol. The lowest BCUT2D eigenvalue weighted by Crippen LogP contribution is -2.39. The molecule has 1 saturated carbocycles. The summed E-state index contributed by atoms with van der Waals surface area (Å²) in [6.07, 6.45) is 4.58. The lowest BCUT2D eigenvalue weighted by atomic mass is 9.88. The molecular formula is C22H22ClNO2. The van der Waals surface area contributed by atoms with Gasteiger partial charge in [0.25, 0.3) is 0 Å².